The molecule has 2 aromatic rings. The average molecular weight is 354 g/mol. The van der Waals surface area contributed by atoms with Crippen molar-refractivity contribution in [3.8, 4) is 11.5 Å². The number of phenolic OH excluding ortho intramolecular Hbond substituents is 2. The number of hydrogen-bond donors (Lipinski definition) is 4. The summed E-state index contributed by atoms with van der Waals surface area (Å²) in [7, 11) is 0. The van der Waals surface area contributed by atoms with Crippen LogP contribution in [0.25, 0.3) is 0 Å². The molecular formula is C18H18N4O4. The van der Waals surface area contributed by atoms with Crippen LogP contribution >= 0.6 is 0 Å². The minimum Gasteiger partial charge on any atom is -0.508 e. The second-order valence-corrected chi connectivity index (χ2v) is 5.37. The van der Waals surface area contributed by atoms with E-state index in [0.29, 0.717) is 22.6 Å². The summed E-state index contributed by atoms with van der Waals surface area (Å²) in [6, 6.07) is 12.5. The van der Waals surface area contributed by atoms with Crippen LogP contribution in [0.5, 0.6) is 11.5 Å². The highest BCUT2D eigenvalue weighted by atomic mass is 16.3. The Balaban J connectivity index is 1.93. The number of nitrogens with zero attached hydrogens (tertiary/aromatic N) is 2. The van der Waals surface area contributed by atoms with Gasteiger partial charge in [0.2, 0.25) is 0 Å². The second-order valence-electron chi connectivity index (χ2n) is 5.37. The minimum absolute atomic E-state index is 0.117. The lowest BCUT2D eigenvalue weighted by atomic mass is 10.1. The Kier molecular flexibility index (Phi) is 6.05. The fourth-order valence-electron chi connectivity index (χ4n) is 1.91. The zero-order valence-electron chi connectivity index (χ0n) is 14.2. The number of nitrogens with one attached hydrogen (secondary N) is 2. The number of rotatable bonds is 4. The van der Waals surface area contributed by atoms with Crippen LogP contribution in [0.3, 0.4) is 0 Å². The summed E-state index contributed by atoms with van der Waals surface area (Å²) in [4.78, 5) is 23.5. The first-order valence-electron chi connectivity index (χ1n) is 7.64. The molecule has 134 valence electrons. The SMILES string of the molecule is C/C(=N\NC(=O)C(=O)N/N=C(\C)c1ccc(O)cc1)c1ccc(O)cc1. The molecule has 0 saturated heterocycles. The van der Waals surface area contributed by atoms with Crippen LogP contribution < -0.4 is 10.9 Å². The number of benzene rings is 2. The van der Waals surface area contributed by atoms with Crippen molar-refractivity contribution in [3.63, 3.8) is 0 Å². The molecule has 8 heteroatoms. The number of hydrogen-bond acceptors (Lipinski definition) is 6. The summed E-state index contributed by atoms with van der Waals surface area (Å²) in [6.07, 6.45) is 0. The Labute approximate surface area is 149 Å². The first-order valence-corrected chi connectivity index (χ1v) is 7.64. The molecule has 0 radical (unpaired) electrons. The minimum atomic E-state index is -0.967. The summed E-state index contributed by atoms with van der Waals surface area (Å²) in [5.74, 6) is -1.70. The van der Waals surface area contributed by atoms with Gasteiger partial charge in [0.25, 0.3) is 0 Å². The highest BCUT2D eigenvalue weighted by Crippen LogP contribution is 2.11. The molecule has 2 amide bonds. The molecule has 0 bridgehead atoms. The van der Waals surface area contributed by atoms with Crippen LogP contribution in [0.2, 0.25) is 0 Å². The van der Waals surface area contributed by atoms with Crippen molar-refractivity contribution in [2.75, 3.05) is 0 Å². The van der Waals surface area contributed by atoms with E-state index in [9.17, 15) is 19.8 Å². The lowest BCUT2D eigenvalue weighted by Crippen LogP contribution is -2.36. The van der Waals surface area contributed by atoms with Gasteiger partial charge in [-0.05, 0) is 73.5 Å². The lowest BCUT2D eigenvalue weighted by Gasteiger charge is -2.04. The Morgan fingerprint density at radius 3 is 1.31 bits per heavy atom. The molecule has 0 aliphatic rings. The first-order chi connectivity index (χ1) is 12.4. The molecule has 0 fully saturated rings. The molecule has 0 saturated carbocycles. The number of amides is 2. The van der Waals surface area contributed by atoms with E-state index >= 15 is 0 Å². The Morgan fingerprint density at radius 2 is 1.00 bits per heavy atom. The molecule has 0 atom stereocenters. The number of hydrazone groups is 2. The summed E-state index contributed by atoms with van der Waals surface area (Å²) >= 11 is 0. The number of phenols is 2. The number of carbonyl (C=O) groups excluding carboxylic acids is 2. The van der Waals surface area contributed by atoms with Crippen molar-refractivity contribution in [3.05, 3.63) is 59.7 Å². The van der Waals surface area contributed by atoms with Crippen molar-refractivity contribution >= 4 is 23.2 Å². The van der Waals surface area contributed by atoms with Gasteiger partial charge in [-0.25, -0.2) is 10.9 Å². The third-order valence-corrected chi connectivity index (χ3v) is 3.43. The smallest absolute Gasteiger partial charge is 0.331 e. The topological polar surface area (TPSA) is 123 Å². The van der Waals surface area contributed by atoms with Crippen LogP contribution in [0.1, 0.15) is 25.0 Å². The molecule has 0 aliphatic heterocycles. The van der Waals surface area contributed by atoms with E-state index in [0.717, 1.165) is 0 Å². The predicted octanol–water partition coefficient (Wildman–Crippen LogP) is 1.48. The summed E-state index contributed by atoms with van der Waals surface area (Å²) < 4.78 is 0. The van der Waals surface area contributed by atoms with Gasteiger partial charge >= 0.3 is 11.8 Å². The van der Waals surface area contributed by atoms with Gasteiger partial charge in [0.1, 0.15) is 11.5 Å². The molecule has 4 N–H and O–H groups in total. The normalized spacial score (nSPS) is 11.8. The quantitative estimate of drug-likeness (QED) is 0.377. The number of carbonyl (C=O) groups is 2. The highest BCUT2D eigenvalue weighted by Gasteiger charge is 2.12. The lowest BCUT2D eigenvalue weighted by molar-refractivity contribution is -0.139. The molecular weight excluding hydrogens is 336 g/mol. The van der Waals surface area contributed by atoms with E-state index in [4.69, 9.17) is 0 Å². The van der Waals surface area contributed by atoms with Gasteiger partial charge in [0, 0.05) is 0 Å². The van der Waals surface area contributed by atoms with E-state index in [-0.39, 0.29) is 11.5 Å². The van der Waals surface area contributed by atoms with Crippen molar-refractivity contribution in [2.45, 2.75) is 13.8 Å². The number of aromatic hydroxyl groups is 2. The van der Waals surface area contributed by atoms with Gasteiger partial charge in [-0.2, -0.15) is 10.2 Å². The Morgan fingerprint density at radius 1 is 0.692 bits per heavy atom. The Hall–Kier alpha value is -3.68. The van der Waals surface area contributed by atoms with E-state index < -0.39 is 11.8 Å². The summed E-state index contributed by atoms with van der Waals surface area (Å²) in [5, 5.41) is 26.2. The van der Waals surface area contributed by atoms with Crippen LogP contribution in [-0.4, -0.2) is 33.5 Å². The monoisotopic (exact) mass is 354 g/mol. The van der Waals surface area contributed by atoms with Gasteiger partial charge < -0.3 is 10.2 Å². The van der Waals surface area contributed by atoms with E-state index in [1.807, 2.05) is 0 Å². The second kappa shape index (κ2) is 8.43. The first kappa shape index (κ1) is 18.7. The molecule has 0 unspecified atom stereocenters. The maximum Gasteiger partial charge on any atom is 0.331 e. The molecule has 0 spiro atoms. The van der Waals surface area contributed by atoms with Crippen LogP contribution in [0, 0.1) is 0 Å². The van der Waals surface area contributed by atoms with Crippen molar-refractivity contribution in [2.24, 2.45) is 10.2 Å². The molecule has 2 rings (SSSR count). The van der Waals surface area contributed by atoms with Crippen molar-refractivity contribution < 1.29 is 19.8 Å². The highest BCUT2D eigenvalue weighted by molar-refractivity contribution is 6.35. The third-order valence-electron chi connectivity index (χ3n) is 3.43. The molecule has 0 aliphatic carbocycles. The zero-order chi connectivity index (χ0) is 19.1. The maximum absolute atomic E-state index is 11.8. The fourth-order valence-corrected chi connectivity index (χ4v) is 1.91. The zero-order valence-corrected chi connectivity index (χ0v) is 14.2. The van der Waals surface area contributed by atoms with Gasteiger partial charge in [-0.15, -0.1) is 0 Å². The molecule has 2 aromatic carbocycles. The Bertz CT molecular complexity index is 782. The van der Waals surface area contributed by atoms with E-state index in [2.05, 4.69) is 21.1 Å². The van der Waals surface area contributed by atoms with Gasteiger partial charge in [0.05, 0.1) is 11.4 Å². The predicted molar refractivity (Wildman–Crippen MR) is 96.9 cm³/mol. The molecule has 0 aromatic heterocycles. The summed E-state index contributed by atoms with van der Waals surface area (Å²) in [5.41, 5.74) is 6.58. The maximum atomic E-state index is 11.8. The van der Waals surface area contributed by atoms with Crippen LogP contribution in [0.15, 0.2) is 58.7 Å². The molecule has 26 heavy (non-hydrogen) atoms. The van der Waals surface area contributed by atoms with E-state index in [1.165, 1.54) is 24.3 Å². The largest absolute Gasteiger partial charge is 0.508 e. The standard InChI is InChI=1S/C18H18N4O4/c1-11(13-3-7-15(23)8-4-13)19-21-17(25)18(26)22-20-12(2)14-5-9-16(24)10-6-14/h3-10,23-24H,1-2H3,(H,21,25)(H,22,26)/b19-11+,20-12+. The van der Waals surface area contributed by atoms with E-state index in [1.54, 1.807) is 38.1 Å². The average Bonchev–Trinajstić information content (AvgIpc) is 2.64. The van der Waals surface area contributed by atoms with Crippen molar-refractivity contribution in [1.29, 1.82) is 0 Å². The van der Waals surface area contributed by atoms with Crippen molar-refractivity contribution in [1.82, 2.24) is 10.9 Å². The van der Waals surface area contributed by atoms with Crippen LogP contribution in [0.4, 0.5) is 0 Å². The summed E-state index contributed by atoms with van der Waals surface area (Å²) in [6.45, 7) is 3.30. The third kappa shape index (κ3) is 5.17. The van der Waals surface area contributed by atoms with Crippen LogP contribution in [-0.2, 0) is 9.59 Å². The van der Waals surface area contributed by atoms with Gasteiger partial charge in [-0.3, -0.25) is 9.59 Å². The fraction of sp³-hybridized carbons (Fsp3) is 0.111. The van der Waals surface area contributed by atoms with Gasteiger partial charge in [0.15, 0.2) is 0 Å². The molecule has 0 heterocycles. The van der Waals surface area contributed by atoms with Gasteiger partial charge in [-0.1, -0.05) is 0 Å². The molecule has 8 nitrogen and oxygen atoms in total.